The summed E-state index contributed by atoms with van der Waals surface area (Å²) in [6.07, 6.45) is 9.06. The van der Waals surface area contributed by atoms with Gasteiger partial charge in [0.1, 0.15) is 0 Å². The topological polar surface area (TPSA) is 39.1 Å². The Morgan fingerprint density at radius 1 is 1.37 bits per heavy atom. The molecule has 1 aromatic heterocycles. The summed E-state index contributed by atoms with van der Waals surface area (Å²) >= 11 is 0. The van der Waals surface area contributed by atoms with Gasteiger partial charge in [0.25, 0.3) is 0 Å². The summed E-state index contributed by atoms with van der Waals surface area (Å²) in [5, 5.41) is 8.05. The first-order valence-electron chi connectivity index (χ1n) is 7.57. The molecule has 1 aliphatic carbocycles. The molecule has 0 bridgehead atoms. The van der Waals surface area contributed by atoms with E-state index in [4.69, 9.17) is 4.74 Å². The van der Waals surface area contributed by atoms with Gasteiger partial charge in [-0.2, -0.15) is 5.10 Å². The molecular weight excluding hydrogens is 238 g/mol. The van der Waals surface area contributed by atoms with Gasteiger partial charge in [-0.1, -0.05) is 26.7 Å². The highest BCUT2D eigenvalue weighted by Gasteiger charge is 2.26. The molecule has 1 fully saturated rings. The van der Waals surface area contributed by atoms with Gasteiger partial charge in [-0.15, -0.1) is 0 Å². The van der Waals surface area contributed by atoms with Crippen LogP contribution < -0.4 is 5.32 Å². The highest BCUT2D eigenvalue weighted by Crippen LogP contribution is 2.27. The normalized spacial score (nSPS) is 23.9. The van der Waals surface area contributed by atoms with Crippen LogP contribution >= 0.6 is 0 Å². The first-order chi connectivity index (χ1) is 9.27. The van der Waals surface area contributed by atoms with Crippen molar-refractivity contribution in [3.05, 3.63) is 18.5 Å². The van der Waals surface area contributed by atoms with Gasteiger partial charge in [-0.05, 0) is 24.8 Å². The summed E-state index contributed by atoms with van der Waals surface area (Å²) in [5.41, 5.74) is 0. The molecule has 0 saturated heterocycles. The first kappa shape index (κ1) is 14.5. The van der Waals surface area contributed by atoms with E-state index in [-0.39, 0.29) is 0 Å². The molecular formula is C15H27N3O. The first-order valence-corrected chi connectivity index (χ1v) is 7.57. The van der Waals surface area contributed by atoms with E-state index in [1.54, 1.807) is 0 Å². The van der Waals surface area contributed by atoms with Crippen LogP contribution in [0.4, 0.5) is 0 Å². The molecule has 0 aliphatic heterocycles. The molecule has 2 rings (SSSR count). The van der Waals surface area contributed by atoms with Crippen LogP contribution in [0.2, 0.25) is 0 Å². The van der Waals surface area contributed by atoms with Crippen LogP contribution in [0, 0.1) is 5.92 Å². The minimum atomic E-state index is 0.508. The number of nitrogens with zero attached hydrogens (tertiary/aromatic N) is 2. The molecule has 0 radical (unpaired) electrons. The zero-order chi connectivity index (χ0) is 13.5. The molecule has 4 nitrogen and oxygen atoms in total. The van der Waals surface area contributed by atoms with Crippen LogP contribution in [0.15, 0.2) is 18.5 Å². The van der Waals surface area contributed by atoms with Crippen LogP contribution in [-0.2, 0) is 4.74 Å². The number of rotatable bonds is 7. The largest absolute Gasteiger partial charge is 0.380 e. The van der Waals surface area contributed by atoms with Crippen molar-refractivity contribution in [1.82, 2.24) is 15.1 Å². The molecule has 2 atom stereocenters. The maximum Gasteiger partial charge on any atom is 0.0672 e. The number of ether oxygens (including phenoxy) is 1. The van der Waals surface area contributed by atoms with Crippen LogP contribution in [0.1, 0.15) is 45.6 Å². The predicted octanol–water partition coefficient (Wildman–Crippen LogP) is 2.63. The van der Waals surface area contributed by atoms with E-state index < -0.39 is 0 Å². The molecule has 0 spiro atoms. The van der Waals surface area contributed by atoms with Gasteiger partial charge >= 0.3 is 0 Å². The van der Waals surface area contributed by atoms with Gasteiger partial charge in [0.15, 0.2) is 0 Å². The van der Waals surface area contributed by atoms with E-state index in [0.717, 1.165) is 19.8 Å². The second kappa shape index (κ2) is 7.65. The molecule has 1 heterocycles. The quantitative estimate of drug-likeness (QED) is 0.770. The third-order valence-electron chi connectivity index (χ3n) is 3.70. The fraction of sp³-hybridized carbons (Fsp3) is 0.800. The molecule has 1 N–H and O–H groups in total. The van der Waals surface area contributed by atoms with E-state index in [9.17, 15) is 0 Å². The Morgan fingerprint density at radius 2 is 2.21 bits per heavy atom. The third-order valence-corrected chi connectivity index (χ3v) is 3.70. The monoisotopic (exact) mass is 265 g/mol. The van der Waals surface area contributed by atoms with Crippen molar-refractivity contribution in [2.45, 2.75) is 51.6 Å². The van der Waals surface area contributed by atoms with E-state index >= 15 is 0 Å². The summed E-state index contributed by atoms with van der Waals surface area (Å²) in [7, 11) is 0. The fourth-order valence-corrected chi connectivity index (χ4v) is 2.78. The summed E-state index contributed by atoms with van der Waals surface area (Å²) in [6, 6.07) is 3.06. The second-order valence-corrected chi connectivity index (χ2v) is 5.87. The van der Waals surface area contributed by atoms with Gasteiger partial charge in [0.2, 0.25) is 0 Å². The molecule has 0 unspecified atom stereocenters. The van der Waals surface area contributed by atoms with Gasteiger partial charge in [-0.25, -0.2) is 0 Å². The SMILES string of the molecule is CC(C)COCCN[C@@H]1CCCC[C@H]1n1cccn1. The van der Waals surface area contributed by atoms with Crippen LogP contribution in [0.3, 0.4) is 0 Å². The van der Waals surface area contributed by atoms with E-state index in [1.165, 1.54) is 25.7 Å². The van der Waals surface area contributed by atoms with Gasteiger partial charge in [0.05, 0.1) is 12.6 Å². The predicted molar refractivity (Wildman–Crippen MR) is 77.2 cm³/mol. The Balaban J connectivity index is 1.74. The van der Waals surface area contributed by atoms with Gasteiger partial charge < -0.3 is 10.1 Å². The molecule has 1 aliphatic rings. The second-order valence-electron chi connectivity index (χ2n) is 5.87. The minimum absolute atomic E-state index is 0.508. The average Bonchev–Trinajstić information content (AvgIpc) is 2.92. The van der Waals surface area contributed by atoms with Gasteiger partial charge in [-0.3, -0.25) is 4.68 Å². The van der Waals surface area contributed by atoms with E-state index in [2.05, 4.69) is 35.1 Å². The lowest BCUT2D eigenvalue weighted by Gasteiger charge is -2.32. The Kier molecular flexibility index (Phi) is 5.86. The Bertz CT molecular complexity index is 337. The van der Waals surface area contributed by atoms with Crippen molar-refractivity contribution in [2.75, 3.05) is 19.8 Å². The molecule has 108 valence electrons. The zero-order valence-corrected chi connectivity index (χ0v) is 12.2. The Morgan fingerprint density at radius 3 is 2.95 bits per heavy atom. The maximum absolute atomic E-state index is 5.63. The lowest BCUT2D eigenvalue weighted by Crippen LogP contribution is -2.41. The van der Waals surface area contributed by atoms with E-state index in [0.29, 0.717) is 18.0 Å². The van der Waals surface area contributed by atoms with Crippen molar-refractivity contribution in [3.8, 4) is 0 Å². The zero-order valence-electron chi connectivity index (χ0n) is 12.2. The Hall–Kier alpha value is -0.870. The summed E-state index contributed by atoms with van der Waals surface area (Å²) in [6.45, 7) is 6.97. The van der Waals surface area contributed by atoms with Crippen molar-refractivity contribution < 1.29 is 4.74 Å². The van der Waals surface area contributed by atoms with Crippen molar-refractivity contribution >= 4 is 0 Å². The molecule has 4 heteroatoms. The fourth-order valence-electron chi connectivity index (χ4n) is 2.78. The summed E-state index contributed by atoms with van der Waals surface area (Å²) in [4.78, 5) is 0. The van der Waals surface area contributed by atoms with Crippen LogP contribution in [0.25, 0.3) is 0 Å². The lowest BCUT2D eigenvalue weighted by atomic mass is 9.90. The number of nitrogens with one attached hydrogen (secondary N) is 1. The highest BCUT2D eigenvalue weighted by atomic mass is 16.5. The molecule has 19 heavy (non-hydrogen) atoms. The molecule has 0 aromatic carbocycles. The smallest absolute Gasteiger partial charge is 0.0672 e. The van der Waals surface area contributed by atoms with Crippen molar-refractivity contribution in [3.63, 3.8) is 0 Å². The number of hydrogen-bond acceptors (Lipinski definition) is 3. The lowest BCUT2D eigenvalue weighted by molar-refractivity contribution is 0.106. The van der Waals surface area contributed by atoms with Crippen LogP contribution in [-0.4, -0.2) is 35.6 Å². The van der Waals surface area contributed by atoms with Crippen molar-refractivity contribution in [1.29, 1.82) is 0 Å². The summed E-state index contributed by atoms with van der Waals surface area (Å²) in [5.74, 6) is 0.617. The molecule has 1 saturated carbocycles. The maximum atomic E-state index is 5.63. The third kappa shape index (κ3) is 4.62. The Labute approximate surface area is 116 Å². The van der Waals surface area contributed by atoms with Crippen molar-refractivity contribution in [2.24, 2.45) is 5.92 Å². The number of hydrogen-bond donors (Lipinski definition) is 1. The average molecular weight is 265 g/mol. The number of aromatic nitrogens is 2. The highest BCUT2D eigenvalue weighted by molar-refractivity contribution is 4.89. The summed E-state index contributed by atoms with van der Waals surface area (Å²) < 4.78 is 7.74. The molecule has 0 amide bonds. The van der Waals surface area contributed by atoms with Gasteiger partial charge in [0, 0.05) is 31.6 Å². The van der Waals surface area contributed by atoms with E-state index in [1.807, 2.05) is 12.3 Å². The minimum Gasteiger partial charge on any atom is -0.380 e. The van der Waals surface area contributed by atoms with Crippen LogP contribution in [0.5, 0.6) is 0 Å². The molecule has 1 aromatic rings. The standard InChI is InChI=1S/C15H27N3O/c1-13(2)12-19-11-9-16-14-6-3-4-7-15(14)18-10-5-8-17-18/h5,8,10,13-16H,3-4,6-7,9,11-12H2,1-2H3/t14-,15-/m1/s1.